The summed E-state index contributed by atoms with van der Waals surface area (Å²) in [5, 5.41) is 22.7. The Morgan fingerprint density at radius 2 is 2.05 bits per heavy atom. The summed E-state index contributed by atoms with van der Waals surface area (Å²) < 4.78 is 43.9. The molecule has 0 aliphatic carbocycles. The number of rotatable bonds is 7. The normalized spacial score (nSPS) is 18.5. The van der Waals surface area contributed by atoms with Gasteiger partial charge in [0.1, 0.15) is 24.4 Å². The summed E-state index contributed by atoms with van der Waals surface area (Å²) in [6.07, 6.45) is -1.74. The SMILES string of the molecule is C[C@@H](NC(=O)c1ccc2c(n1)N(C(=O)Nc1cnc(OC[C@H](O)CO)cn1)[C@H]1CCCN2C1)C(F)(F)F. The van der Waals surface area contributed by atoms with E-state index in [4.69, 9.17) is 9.84 Å². The molecule has 2 aliphatic heterocycles. The van der Waals surface area contributed by atoms with E-state index in [2.05, 4.69) is 20.3 Å². The molecule has 2 aromatic rings. The highest BCUT2D eigenvalue weighted by atomic mass is 19.4. The van der Waals surface area contributed by atoms with Gasteiger partial charge in [-0.1, -0.05) is 0 Å². The van der Waals surface area contributed by atoms with Gasteiger partial charge < -0.3 is 25.2 Å². The number of aliphatic hydroxyl groups is 2. The second-order valence-electron chi connectivity index (χ2n) is 8.71. The van der Waals surface area contributed by atoms with Crippen molar-refractivity contribution in [2.45, 2.75) is 44.1 Å². The number of aromatic nitrogens is 3. The van der Waals surface area contributed by atoms with Crippen molar-refractivity contribution in [3.05, 3.63) is 30.2 Å². The second kappa shape index (κ2) is 10.7. The van der Waals surface area contributed by atoms with Crippen LogP contribution in [0.15, 0.2) is 24.5 Å². The third kappa shape index (κ3) is 5.99. The number of amides is 3. The first-order valence-electron chi connectivity index (χ1n) is 11.5. The lowest BCUT2D eigenvalue weighted by Gasteiger charge is -2.45. The molecule has 0 saturated carbocycles. The monoisotopic (exact) mass is 525 g/mol. The summed E-state index contributed by atoms with van der Waals surface area (Å²) in [7, 11) is 0. The number of nitrogens with zero attached hydrogens (tertiary/aromatic N) is 5. The highest BCUT2D eigenvalue weighted by Gasteiger charge is 2.40. The van der Waals surface area contributed by atoms with Gasteiger partial charge in [-0.2, -0.15) is 13.2 Å². The number of halogens is 3. The van der Waals surface area contributed by atoms with Gasteiger partial charge in [-0.3, -0.25) is 15.0 Å². The number of alkyl halides is 3. The van der Waals surface area contributed by atoms with E-state index in [-0.39, 0.29) is 35.9 Å². The van der Waals surface area contributed by atoms with Crippen molar-refractivity contribution < 1.29 is 37.7 Å². The van der Waals surface area contributed by atoms with Crippen LogP contribution in [-0.4, -0.2) is 87.8 Å². The molecule has 0 radical (unpaired) electrons. The molecule has 2 aromatic heterocycles. The standard InChI is InChI=1S/C22H26F3N7O5/c1-12(22(23,24)25)28-20(35)15-4-5-16-19(29-15)32(13-3-2-6-31(16)9-13)21(36)30-17-7-27-18(8-26-17)37-11-14(34)10-33/h4-5,7-8,12-14,33-34H,2-3,6,9-11H2,1H3,(H,28,35)(H,26,30,36)/t12-,13+,14-/m1/s1. The van der Waals surface area contributed by atoms with Gasteiger partial charge in [0.2, 0.25) is 5.88 Å². The van der Waals surface area contributed by atoms with E-state index in [0.717, 1.165) is 19.9 Å². The van der Waals surface area contributed by atoms with Crippen molar-refractivity contribution in [1.29, 1.82) is 0 Å². The van der Waals surface area contributed by atoms with E-state index in [1.165, 1.54) is 23.4 Å². The number of piperidine rings is 1. The minimum absolute atomic E-state index is 0.0714. The summed E-state index contributed by atoms with van der Waals surface area (Å²) in [5.41, 5.74) is 0.337. The molecule has 0 spiro atoms. The molecular weight excluding hydrogens is 499 g/mol. The fourth-order valence-electron chi connectivity index (χ4n) is 4.02. The Hall–Kier alpha value is -3.72. The Balaban J connectivity index is 1.54. The molecule has 4 N–H and O–H groups in total. The fraction of sp³-hybridized carbons (Fsp3) is 0.500. The number of urea groups is 1. The zero-order valence-corrected chi connectivity index (χ0v) is 19.8. The van der Waals surface area contributed by atoms with Crippen LogP contribution < -0.4 is 25.2 Å². The number of hydrogen-bond acceptors (Lipinski definition) is 9. The van der Waals surface area contributed by atoms with E-state index >= 15 is 0 Å². The van der Waals surface area contributed by atoms with Crippen molar-refractivity contribution in [2.24, 2.45) is 0 Å². The molecule has 12 nitrogen and oxygen atoms in total. The lowest BCUT2D eigenvalue weighted by molar-refractivity contribution is -0.149. The first-order chi connectivity index (χ1) is 17.6. The van der Waals surface area contributed by atoms with Crippen molar-refractivity contribution in [1.82, 2.24) is 20.3 Å². The van der Waals surface area contributed by atoms with Gasteiger partial charge in [0, 0.05) is 13.1 Å². The van der Waals surface area contributed by atoms with Crippen LogP contribution in [0.25, 0.3) is 0 Å². The van der Waals surface area contributed by atoms with Gasteiger partial charge in [-0.05, 0) is 31.9 Å². The molecule has 2 aliphatic rings. The molecule has 3 atom stereocenters. The molecule has 37 heavy (non-hydrogen) atoms. The Kier molecular flexibility index (Phi) is 7.63. The number of fused-ring (bicyclic) bond motifs is 4. The molecule has 0 unspecified atom stereocenters. The lowest BCUT2D eigenvalue weighted by Crippen LogP contribution is -2.56. The van der Waals surface area contributed by atoms with Gasteiger partial charge >= 0.3 is 12.2 Å². The molecule has 1 saturated heterocycles. The van der Waals surface area contributed by atoms with Crippen molar-refractivity contribution >= 4 is 29.3 Å². The smallest absolute Gasteiger partial charge is 0.408 e. The van der Waals surface area contributed by atoms with E-state index in [1.807, 2.05) is 10.2 Å². The summed E-state index contributed by atoms with van der Waals surface area (Å²) in [6, 6.07) is -0.0424. The van der Waals surface area contributed by atoms with Gasteiger partial charge in [0.05, 0.1) is 30.7 Å². The van der Waals surface area contributed by atoms with Crippen molar-refractivity contribution in [3.63, 3.8) is 0 Å². The number of nitrogens with one attached hydrogen (secondary N) is 2. The first kappa shape index (κ1) is 26.3. The molecule has 4 heterocycles. The van der Waals surface area contributed by atoms with Crippen LogP contribution in [0.3, 0.4) is 0 Å². The highest BCUT2D eigenvalue weighted by molar-refractivity contribution is 6.04. The second-order valence-corrected chi connectivity index (χ2v) is 8.71. The number of pyridine rings is 1. The van der Waals surface area contributed by atoms with Gasteiger partial charge in [0.25, 0.3) is 5.91 Å². The molecule has 3 amide bonds. The van der Waals surface area contributed by atoms with Crippen LogP contribution >= 0.6 is 0 Å². The van der Waals surface area contributed by atoms with Gasteiger partial charge in [-0.25, -0.2) is 19.7 Å². The fourth-order valence-corrected chi connectivity index (χ4v) is 4.02. The van der Waals surface area contributed by atoms with Gasteiger partial charge in [-0.15, -0.1) is 0 Å². The van der Waals surface area contributed by atoms with Crippen molar-refractivity contribution in [3.8, 4) is 5.88 Å². The molecule has 4 rings (SSSR count). The summed E-state index contributed by atoms with van der Waals surface area (Å²) in [5.74, 6) is -0.687. The molecule has 200 valence electrons. The predicted octanol–water partition coefficient (Wildman–Crippen LogP) is 1.31. The zero-order valence-electron chi connectivity index (χ0n) is 19.8. The third-order valence-electron chi connectivity index (χ3n) is 5.97. The number of carbonyl (C=O) groups excluding carboxylic acids is 2. The maximum absolute atomic E-state index is 13.3. The average molecular weight is 525 g/mol. The summed E-state index contributed by atoms with van der Waals surface area (Å²) in [4.78, 5) is 41.5. The van der Waals surface area contributed by atoms with E-state index in [9.17, 15) is 27.9 Å². The third-order valence-corrected chi connectivity index (χ3v) is 5.97. The molecule has 15 heteroatoms. The Labute approximate surface area is 209 Å². The van der Waals surface area contributed by atoms with Crippen LogP contribution in [0, 0.1) is 0 Å². The van der Waals surface area contributed by atoms with Crippen LogP contribution in [-0.2, 0) is 0 Å². The Morgan fingerprint density at radius 1 is 1.27 bits per heavy atom. The summed E-state index contributed by atoms with van der Waals surface area (Å²) in [6.45, 7) is 1.41. The molecular formula is C22H26F3N7O5. The van der Waals surface area contributed by atoms with Gasteiger partial charge in [0.15, 0.2) is 11.6 Å². The number of anilines is 3. The summed E-state index contributed by atoms with van der Waals surface area (Å²) >= 11 is 0. The highest BCUT2D eigenvalue weighted by Crippen LogP contribution is 2.38. The minimum Gasteiger partial charge on any atom is -0.474 e. The van der Waals surface area contributed by atoms with Crippen LogP contribution in [0.1, 0.15) is 30.3 Å². The number of aliphatic hydroxyl groups excluding tert-OH is 2. The number of ether oxygens (including phenoxy) is 1. The minimum atomic E-state index is -4.61. The maximum Gasteiger partial charge on any atom is 0.408 e. The zero-order chi connectivity index (χ0) is 26.7. The molecule has 1 fully saturated rings. The maximum atomic E-state index is 13.3. The number of carbonyl (C=O) groups is 2. The van der Waals surface area contributed by atoms with Crippen LogP contribution in [0.5, 0.6) is 5.88 Å². The first-order valence-corrected chi connectivity index (χ1v) is 11.5. The predicted molar refractivity (Wildman–Crippen MR) is 125 cm³/mol. The number of hydrogen-bond donors (Lipinski definition) is 4. The quantitative estimate of drug-likeness (QED) is 0.419. The van der Waals surface area contributed by atoms with Crippen LogP contribution in [0.2, 0.25) is 0 Å². The Morgan fingerprint density at radius 3 is 2.73 bits per heavy atom. The molecule has 2 bridgehead atoms. The van der Waals surface area contributed by atoms with Crippen LogP contribution in [0.4, 0.5) is 35.3 Å². The largest absolute Gasteiger partial charge is 0.474 e. The Bertz CT molecular complexity index is 1130. The van der Waals surface area contributed by atoms with Crippen molar-refractivity contribution in [2.75, 3.05) is 41.4 Å². The average Bonchev–Trinajstić information content (AvgIpc) is 2.87. The molecule has 0 aromatic carbocycles. The lowest BCUT2D eigenvalue weighted by atomic mass is 10.00. The van der Waals surface area contributed by atoms with E-state index in [1.54, 1.807) is 6.07 Å². The van der Waals surface area contributed by atoms with E-state index < -0.39 is 36.9 Å². The van der Waals surface area contributed by atoms with E-state index in [0.29, 0.717) is 18.7 Å². The topological polar surface area (TPSA) is 153 Å².